The molecular formula is C13H15F3O2. The van der Waals surface area contributed by atoms with Crippen molar-refractivity contribution in [3.8, 4) is 0 Å². The third-order valence-corrected chi connectivity index (χ3v) is 2.32. The van der Waals surface area contributed by atoms with E-state index in [1.54, 1.807) is 18.2 Å². The average molecular weight is 260 g/mol. The second kappa shape index (κ2) is 5.00. The highest BCUT2D eigenvalue weighted by Crippen LogP contribution is 2.36. The Morgan fingerprint density at radius 1 is 1.11 bits per heavy atom. The van der Waals surface area contributed by atoms with Gasteiger partial charge in [-0.25, -0.2) is 4.79 Å². The van der Waals surface area contributed by atoms with Crippen molar-refractivity contribution >= 4 is 5.97 Å². The Labute approximate surface area is 104 Å². The molecule has 0 aliphatic heterocycles. The first-order valence-corrected chi connectivity index (χ1v) is 5.45. The Bertz CT molecular complexity index is 390. The normalized spacial score (nSPS) is 14.1. The first-order valence-electron chi connectivity index (χ1n) is 5.45. The van der Waals surface area contributed by atoms with E-state index in [4.69, 9.17) is 0 Å². The van der Waals surface area contributed by atoms with Crippen LogP contribution < -0.4 is 0 Å². The minimum atomic E-state index is -4.58. The van der Waals surface area contributed by atoms with Gasteiger partial charge >= 0.3 is 12.1 Å². The van der Waals surface area contributed by atoms with Crippen LogP contribution in [0.4, 0.5) is 13.2 Å². The van der Waals surface area contributed by atoms with Crippen LogP contribution in [0.15, 0.2) is 30.3 Å². The molecule has 100 valence electrons. The van der Waals surface area contributed by atoms with Crippen LogP contribution >= 0.6 is 0 Å². The maximum absolute atomic E-state index is 12.8. The number of alkyl halides is 3. The van der Waals surface area contributed by atoms with Gasteiger partial charge in [-0.2, -0.15) is 13.2 Å². The van der Waals surface area contributed by atoms with Gasteiger partial charge in [0.2, 0.25) is 6.10 Å². The van der Waals surface area contributed by atoms with Crippen LogP contribution in [0, 0.1) is 5.41 Å². The van der Waals surface area contributed by atoms with E-state index in [1.807, 2.05) is 0 Å². The van der Waals surface area contributed by atoms with Crippen LogP contribution in [-0.4, -0.2) is 18.2 Å². The predicted octanol–water partition coefficient (Wildman–Crippen LogP) is 3.82. The Balaban J connectivity index is 2.90. The van der Waals surface area contributed by atoms with Gasteiger partial charge in [-0.3, -0.25) is 0 Å². The number of rotatable bonds is 2. The molecule has 0 amide bonds. The Kier molecular flexibility index (Phi) is 4.04. The SMILES string of the molecule is CC(C)(C)[C@H](OC(=O)c1ccccc1)C(F)(F)F. The van der Waals surface area contributed by atoms with E-state index in [0.717, 1.165) is 0 Å². The van der Waals surface area contributed by atoms with E-state index in [2.05, 4.69) is 4.74 Å². The lowest BCUT2D eigenvalue weighted by Crippen LogP contribution is -2.43. The molecule has 0 saturated heterocycles. The molecule has 0 aliphatic rings. The standard InChI is InChI=1S/C13H15F3O2/c1-12(2,3)11(13(14,15)16)18-10(17)9-7-5-4-6-8-9/h4-8,11H,1-3H3/t11-/m0/s1. The van der Waals surface area contributed by atoms with Gasteiger partial charge in [-0.15, -0.1) is 0 Å². The van der Waals surface area contributed by atoms with Gasteiger partial charge in [-0.1, -0.05) is 39.0 Å². The number of benzene rings is 1. The fourth-order valence-corrected chi connectivity index (χ4v) is 1.48. The summed E-state index contributed by atoms with van der Waals surface area (Å²) >= 11 is 0. The number of esters is 1. The van der Waals surface area contributed by atoms with Crippen molar-refractivity contribution in [2.75, 3.05) is 0 Å². The van der Waals surface area contributed by atoms with Crippen LogP contribution in [0.1, 0.15) is 31.1 Å². The highest BCUT2D eigenvalue weighted by molar-refractivity contribution is 5.89. The first-order chi connectivity index (χ1) is 8.12. The average Bonchev–Trinajstić information content (AvgIpc) is 2.23. The Morgan fingerprint density at radius 2 is 1.61 bits per heavy atom. The Hall–Kier alpha value is -1.52. The molecule has 0 fully saturated rings. The molecule has 0 spiro atoms. The monoisotopic (exact) mass is 260 g/mol. The molecule has 0 heterocycles. The fraction of sp³-hybridized carbons (Fsp3) is 0.462. The summed E-state index contributed by atoms with van der Waals surface area (Å²) in [4.78, 5) is 11.6. The molecule has 0 N–H and O–H groups in total. The van der Waals surface area contributed by atoms with E-state index >= 15 is 0 Å². The van der Waals surface area contributed by atoms with Crippen molar-refractivity contribution in [3.63, 3.8) is 0 Å². The van der Waals surface area contributed by atoms with Gasteiger partial charge in [0, 0.05) is 5.41 Å². The van der Waals surface area contributed by atoms with Crippen molar-refractivity contribution in [1.29, 1.82) is 0 Å². The van der Waals surface area contributed by atoms with E-state index in [0.29, 0.717) is 0 Å². The third kappa shape index (κ3) is 3.75. The summed E-state index contributed by atoms with van der Waals surface area (Å²) in [6.07, 6.45) is -6.71. The fourth-order valence-electron chi connectivity index (χ4n) is 1.48. The van der Waals surface area contributed by atoms with E-state index in [9.17, 15) is 18.0 Å². The summed E-state index contributed by atoms with van der Waals surface area (Å²) in [6, 6.07) is 7.63. The summed E-state index contributed by atoms with van der Waals surface area (Å²) in [5.41, 5.74) is -1.10. The van der Waals surface area contributed by atoms with Gasteiger partial charge in [-0.05, 0) is 12.1 Å². The largest absolute Gasteiger partial charge is 0.449 e. The molecule has 0 bridgehead atoms. The minimum absolute atomic E-state index is 0.107. The second-order valence-electron chi connectivity index (χ2n) is 5.06. The molecule has 1 rings (SSSR count). The summed E-state index contributed by atoms with van der Waals surface area (Å²) < 4.78 is 43.0. The summed E-state index contributed by atoms with van der Waals surface area (Å²) in [6.45, 7) is 4.14. The predicted molar refractivity (Wildman–Crippen MR) is 61.2 cm³/mol. The lowest BCUT2D eigenvalue weighted by molar-refractivity contribution is -0.231. The first kappa shape index (κ1) is 14.5. The molecule has 2 nitrogen and oxygen atoms in total. The van der Waals surface area contributed by atoms with E-state index < -0.39 is 23.7 Å². The zero-order valence-electron chi connectivity index (χ0n) is 10.4. The quantitative estimate of drug-likeness (QED) is 0.755. The number of hydrogen-bond donors (Lipinski definition) is 0. The number of ether oxygens (including phenoxy) is 1. The smallest absolute Gasteiger partial charge is 0.426 e. The van der Waals surface area contributed by atoms with Crippen LogP contribution in [0.5, 0.6) is 0 Å². The van der Waals surface area contributed by atoms with Gasteiger partial charge < -0.3 is 4.74 Å². The number of halogens is 3. The molecule has 1 aromatic rings. The molecule has 0 aromatic heterocycles. The van der Waals surface area contributed by atoms with Crippen molar-refractivity contribution in [3.05, 3.63) is 35.9 Å². The molecule has 0 unspecified atom stereocenters. The van der Waals surface area contributed by atoms with Crippen LogP contribution in [0.2, 0.25) is 0 Å². The molecule has 0 aliphatic carbocycles. The van der Waals surface area contributed by atoms with E-state index in [-0.39, 0.29) is 5.56 Å². The topological polar surface area (TPSA) is 26.3 Å². The maximum atomic E-state index is 12.8. The molecule has 1 aromatic carbocycles. The Morgan fingerprint density at radius 3 is 2.00 bits per heavy atom. The van der Waals surface area contributed by atoms with Crippen molar-refractivity contribution in [2.24, 2.45) is 5.41 Å². The highest BCUT2D eigenvalue weighted by Gasteiger charge is 2.50. The molecule has 18 heavy (non-hydrogen) atoms. The zero-order chi connectivity index (χ0) is 14.0. The van der Waals surface area contributed by atoms with Gasteiger partial charge in [0.05, 0.1) is 5.56 Å². The number of hydrogen-bond acceptors (Lipinski definition) is 2. The molecule has 0 radical (unpaired) electrons. The summed E-state index contributed by atoms with van der Waals surface area (Å²) in [5, 5.41) is 0. The van der Waals surface area contributed by atoms with Crippen molar-refractivity contribution in [1.82, 2.24) is 0 Å². The van der Waals surface area contributed by atoms with Gasteiger partial charge in [0.25, 0.3) is 0 Å². The molecule has 5 heteroatoms. The lowest BCUT2D eigenvalue weighted by atomic mass is 9.88. The van der Waals surface area contributed by atoms with E-state index in [1.165, 1.54) is 32.9 Å². The minimum Gasteiger partial charge on any atom is -0.449 e. The van der Waals surface area contributed by atoms with Gasteiger partial charge in [0.15, 0.2) is 0 Å². The number of carbonyl (C=O) groups excluding carboxylic acids is 1. The van der Waals surface area contributed by atoms with Gasteiger partial charge in [0.1, 0.15) is 0 Å². The van der Waals surface area contributed by atoms with Crippen LogP contribution in [0.3, 0.4) is 0 Å². The molecule has 0 saturated carbocycles. The maximum Gasteiger partial charge on any atom is 0.426 e. The lowest BCUT2D eigenvalue weighted by Gasteiger charge is -2.31. The van der Waals surface area contributed by atoms with Crippen LogP contribution in [-0.2, 0) is 4.74 Å². The summed E-state index contributed by atoms with van der Waals surface area (Å²) in [5.74, 6) is -0.965. The van der Waals surface area contributed by atoms with Crippen molar-refractivity contribution < 1.29 is 22.7 Å². The van der Waals surface area contributed by atoms with Crippen molar-refractivity contribution in [2.45, 2.75) is 33.1 Å². The molecule has 1 atom stereocenters. The number of carbonyl (C=O) groups is 1. The highest BCUT2D eigenvalue weighted by atomic mass is 19.4. The third-order valence-electron chi connectivity index (χ3n) is 2.32. The zero-order valence-corrected chi connectivity index (χ0v) is 10.4. The second-order valence-corrected chi connectivity index (χ2v) is 5.06. The van der Waals surface area contributed by atoms with Crippen LogP contribution in [0.25, 0.3) is 0 Å². The molecular weight excluding hydrogens is 245 g/mol. The summed E-state index contributed by atoms with van der Waals surface area (Å²) in [7, 11) is 0.